The van der Waals surface area contributed by atoms with E-state index in [1.54, 1.807) is 6.08 Å². The second kappa shape index (κ2) is 5.47. The molecular weight excluding hydrogens is 228 g/mol. The molecule has 1 aliphatic carbocycles. The van der Waals surface area contributed by atoms with Crippen molar-refractivity contribution in [2.24, 2.45) is 5.16 Å². The van der Waals surface area contributed by atoms with Gasteiger partial charge in [-0.25, -0.2) is 0 Å². The average molecular weight is 240 g/mol. The van der Waals surface area contributed by atoms with Gasteiger partial charge >= 0.3 is 10.1 Å². The van der Waals surface area contributed by atoms with Crippen LogP contribution in [-0.4, -0.2) is 19.9 Å². The van der Waals surface area contributed by atoms with Gasteiger partial charge in [-0.1, -0.05) is 16.8 Å². The molecule has 86 valence electrons. The highest BCUT2D eigenvalue weighted by Crippen LogP contribution is 2.19. The molecule has 16 heavy (non-hydrogen) atoms. The molecule has 0 bridgehead atoms. The molecule has 0 aromatic carbocycles. The Balaban J connectivity index is 2.61. The molecule has 0 N–H and O–H groups in total. The number of hydrogen-bond acceptors (Lipinski definition) is 5. The predicted molar refractivity (Wildman–Crippen MR) is 60.1 cm³/mol. The van der Waals surface area contributed by atoms with Gasteiger partial charge in [0.1, 0.15) is 5.75 Å². The maximum Gasteiger partial charge on any atom is 0.332 e. The number of allylic oxidation sites excluding steroid dienone is 2. The lowest BCUT2D eigenvalue weighted by Gasteiger charge is -1.97. The number of hydrogen-bond donors (Lipinski definition) is 0. The maximum absolute atomic E-state index is 11.1. The van der Waals surface area contributed by atoms with E-state index >= 15 is 0 Å². The Kier molecular flexibility index (Phi) is 4.26. The van der Waals surface area contributed by atoms with E-state index in [2.05, 4.69) is 16.0 Å². The fourth-order valence-electron chi connectivity index (χ4n) is 1.26. The molecular formula is C10H12N2O3S. The fraction of sp³-hybridized carbons (Fsp3) is 0.400. The number of rotatable bonds is 5. The summed E-state index contributed by atoms with van der Waals surface area (Å²) >= 11 is 0. The highest BCUT2D eigenvalue weighted by molar-refractivity contribution is 7.86. The minimum Gasteiger partial charge on any atom is -0.268 e. The van der Waals surface area contributed by atoms with Gasteiger partial charge in [-0.2, -0.15) is 13.7 Å². The van der Waals surface area contributed by atoms with Crippen LogP contribution in [0.25, 0.3) is 0 Å². The summed E-state index contributed by atoms with van der Waals surface area (Å²) in [7, 11) is -3.65. The number of nitrogens with zero attached hydrogens (tertiary/aromatic N) is 2. The van der Waals surface area contributed by atoms with Gasteiger partial charge in [0.15, 0.2) is 0 Å². The largest absolute Gasteiger partial charge is 0.332 e. The lowest BCUT2D eigenvalue weighted by molar-refractivity contribution is 0.340. The van der Waals surface area contributed by atoms with E-state index in [9.17, 15) is 8.42 Å². The van der Waals surface area contributed by atoms with Gasteiger partial charge in [-0.15, -0.1) is 6.58 Å². The maximum atomic E-state index is 11.1. The molecule has 0 fully saturated rings. The molecule has 0 atom stereocenters. The Morgan fingerprint density at radius 1 is 1.62 bits per heavy atom. The Labute approximate surface area is 94.8 Å². The van der Waals surface area contributed by atoms with Crippen molar-refractivity contribution in [1.82, 2.24) is 0 Å². The van der Waals surface area contributed by atoms with Gasteiger partial charge in [0, 0.05) is 0 Å². The summed E-state index contributed by atoms with van der Waals surface area (Å²) in [6.07, 6.45) is 4.63. The quantitative estimate of drug-likeness (QED) is 0.539. The molecule has 0 radical (unpaired) electrons. The average Bonchev–Trinajstić information content (AvgIpc) is 2.64. The van der Waals surface area contributed by atoms with E-state index in [1.807, 2.05) is 6.07 Å². The first kappa shape index (κ1) is 12.5. The van der Waals surface area contributed by atoms with Gasteiger partial charge in [0.2, 0.25) is 0 Å². The summed E-state index contributed by atoms with van der Waals surface area (Å²) in [5.74, 6) is -0.265. The fourth-order valence-corrected chi connectivity index (χ4v) is 1.82. The van der Waals surface area contributed by atoms with Crippen molar-refractivity contribution in [3.63, 3.8) is 0 Å². The highest BCUT2D eigenvalue weighted by atomic mass is 32.2. The molecule has 0 unspecified atom stereocenters. The van der Waals surface area contributed by atoms with Crippen LogP contribution in [0.4, 0.5) is 0 Å². The summed E-state index contributed by atoms with van der Waals surface area (Å²) in [5.41, 5.74) is 1.50. The molecule has 0 spiro atoms. The van der Waals surface area contributed by atoms with E-state index < -0.39 is 10.1 Å². The van der Waals surface area contributed by atoms with Crippen molar-refractivity contribution >= 4 is 15.8 Å². The third-order valence-electron chi connectivity index (χ3n) is 1.97. The van der Waals surface area contributed by atoms with Crippen LogP contribution in [0.1, 0.15) is 19.3 Å². The zero-order valence-corrected chi connectivity index (χ0v) is 9.53. The summed E-state index contributed by atoms with van der Waals surface area (Å²) in [5, 5.41) is 12.0. The molecule has 0 amide bonds. The zero-order chi connectivity index (χ0) is 12.0. The van der Waals surface area contributed by atoms with Crippen molar-refractivity contribution < 1.29 is 12.7 Å². The molecule has 1 aliphatic rings. The molecule has 0 saturated carbocycles. The molecule has 0 aromatic heterocycles. The van der Waals surface area contributed by atoms with Crippen LogP contribution in [0.5, 0.6) is 0 Å². The smallest absolute Gasteiger partial charge is 0.268 e. The van der Waals surface area contributed by atoms with Crippen LogP contribution in [0.3, 0.4) is 0 Å². The molecule has 0 saturated heterocycles. The highest BCUT2D eigenvalue weighted by Gasteiger charge is 2.13. The van der Waals surface area contributed by atoms with Crippen molar-refractivity contribution in [1.29, 1.82) is 5.26 Å². The SMILES string of the molecule is C=CCS(=O)(=O)O/N=C1/C=C(CC#N)CC1. The summed E-state index contributed by atoms with van der Waals surface area (Å²) < 4.78 is 26.7. The third-order valence-corrected chi connectivity index (χ3v) is 2.91. The lowest BCUT2D eigenvalue weighted by Crippen LogP contribution is -2.06. The van der Waals surface area contributed by atoms with E-state index in [0.29, 0.717) is 18.6 Å². The van der Waals surface area contributed by atoms with E-state index in [1.165, 1.54) is 6.08 Å². The molecule has 0 heterocycles. The second-order valence-electron chi connectivity index (χ2n) is 3.31. The number of oxime groups is 1. The first-order chi connectivity index (χ1) is 7.57. The minimum atomic E-state index is -3.65. The second-order valence-corrected chi connectivity index (χ2v) is 4.91. The normalized spacial score (nSPS) is 17.9. The molecule has 6 heteroatoms. The first-order valence-corrected chi connectivity index (χ1v) is 6.30. The molecule has 0 aromatic rings. The third kappa shape index (κ3) is 3.87. The summed E-state index contributed by atoms with van der Waals surface area (Å²) in [4.78, 5) is 0. The Bertz CT molecular complexity index is 469. The van der Waals surface area contributed by atoms with Crippen molar-refractivity contribution in [3.05, 3.63) is 24.3 Å². The Hall–Kier alpha value is -1.61. The van der Waals surface area contributed by atoms with Crippen LogP contribution in [-0.2, 0) is 14.4 Å². The first-order valence-electron chi connectivity index (χ1n) is 4.73. The van der Waals surface area contributed by atoms with Gasteiger partial charge in [0.05, 0.1) is 18.2 Å². The van der Waals surface area contributed by atoms with E-state index in [0.717, 1.165) is 12.0 Å². The van der Waals surface area contributed by atoms with E-state index in [4.69, 9.17) is 5.26 Å². The lowest BCUT2D eigenvalue weighted by atomic mass is 10.2. The summed E-state index contributed by atoms with van der Waals surface area (Å²) in [6, 6.07) is 2.03. The van der Waals surface area contributed by atoms with Crippen molar-refractivity contribution in [3.8, 4) is 6.07 Å². The molecule has 1 rings (SSSR count). The van der Waals surface area contributed by atoms with Crippen LogP contribution in [0.15, 0.2) is 29.5 Å². The van der Waals surface area contributed by atoms with Gasteiger partial charge in [0.25, 0.3) is 0 Å². The minimum absolute atomic E-state index is 0.265. The number of nitriles is 1. The topological polar surface area (TPSA) is 79.5 Å². The molecule has 0 aliphatic heterocycles. The van der Waals surface area contributed by atoms with E-state index in [-0.39, 0.29) is 5.75 Å². The standard InChI is InChI=1S/C10H12N2O3S/c1-2-7-16(13,14)15-12-10-4-3-9(8-10)5-6-11/h2,8H,1,3-5,7H2/b12-10+. The van der Waals surface area contributed by atoms with Crippen LogP contribution in [0, 0.1) is 11.3 Å². The van der Waals surface area contributed by atoms with Crippen LogP contribution in [0.2, 0.25) is 0 Å². The van der Waals surface area contributed by atoms with Crippen molar-refractivity contribution in [2.75, 3.05) is 5.75 Å². The summed E-state index contributed by atoms with van der Waals surface area (Å²) in [6.45, 7) is 3.31. The predicted octanol–water partition coefficient (Wildman–Crippen LogP) is 1.51. The molecule has 5 nitrogen and oxygen atoms in total. The van der Waals surface area contributed by atoms with Crippen LogP contribution >= 0.6 is 0 Å². The van der Waals surface area contributed by atoms with Gasteiger partial charge in [-0.3, -0.25) is 4.28 Å². The van der Waals surface area contributed by atoms with Gasteiger partial charge < -0.3 is 0 Å². The Morgan fingerprint density at radius 2 is 2.38 bits per heavy atom. The van der Waals surface area contributed by atoms with Gasteiger partial charge in [-0.05, 0) is 18.9 Å². The monoisotopic (exact) mass is 240 g/mol. The Morgan fingerprint density at radius 3 is 3.00 bits per heavy atom. The van der Waals surface area contributed by atoms with Crippen molar-refractivity contribution in [2.45, 2.75) is 19.3 Å². The van der Waals surface area contributed by atoms with Crippen LogP contribution < -0.4 is 0 Å². The zero-order valence-electron chi connectivity index (χ0n) is 8.72.